The first-order chi connectivity index (χ1) is 8.50. The highest BCUT2D eigenvalue weighted by molar-refractivity contribution is 6.02. The zero-order valence-corrected chi connectivity index (χ0v) is 9.79. The van der Waals surface area contributed by atoms with Crippen molar-refractivity contribution < 1.29 is 24.5 Å². The lowest BCUT2D eigenvalue weighted by atomic mass is 10.1. The van der Waals surface area contributed by atoms with E-state index in [1.165, 1.54) is 12.1 Å². The quantitative estimate of drug-likeness (QED) is 0.827. The molecule has 0 amide bonds. The van der Waals surface area contributed by atoms with Crippen molar-refractivity contribution in [3.05, 3.63) is 29.3 Å². The zero-order chi connectivity index (χ0) is 13.3. The molecule has 1 aliphatic rings. The molecule has 0 unspecified atom stereocenters. The predicted molar refractivity (Wildman–Crippen MR) is 63.4 cm³/mol. The van der Waals surface area contributed by atoms with Gasteiger partial charge in [-0.15, -0.1) is 0 Å². The van der Waals surface area contributed by atoms with Crippen LogP contribution in [0, 0.1) is 0 Å². The van der Waals surface area contributed by atoms with E-state index in [1.807, 2.05) is 11.9 Å². The van der Waals surface area contributed by atoms with Crippen molar-refractivity contribution in [2.75, 3.05) is 25.2 Å². The highest BCUT2D eigenvalue weighted by atomic mass is 16.5. The van der Waals surface area contributed by atoms with E-state index in [9.17, 15) is 9.59 Å². The Morgan fingerprint density at radius 1 is 1.22 bits per heavy atom. The van der Waals surface area contributed by atoms with Crippen LogP contribution in [0.5, 0.6) is 0 Å². The second kappa shape index (κ2) is 4.66. The van der Waals surface area contributed by atoms with Crippen molar-refractivity contribution in [2.45, 2.75) is 6.04 Å². The van der Waals surface area contributed by atoms with Gasteiger partial charge in [0.1, 0.15) is 0 Å². The zero-order valence-electron chi connectivity index (χ0n) is 9.79. The molecule has 0 spiro atoms. The van der Waals surface area contributed by atoms with Crippen LogP contribution >= 0.6 is 0 Å². The van der Waals surface area contributed by atoms with Gasteiger partial charge in [-0.2, -0.15) is 0 Å². The normalized spacial score (nSPS) is 14.9. The Kier molecular flexibility index (Phi) is 3.20. The Bertz CT molecular complexity index is 495. The van der Waals surface area contributed by atoms with Crippen LogP contribution in [-0.2, 0) is 4.74 Å². The molecule has 2 N–H and O–H groups in total. The van der Waals surface area contributed by atoms with Crippen LogP contribution in [-0.4, -0.2) is 48.5 Å². The third kappa shape index (κ3) is 2.14. The summed E-state index contributed by atoms with van der Waals surface area (Å²) in [4.78, 5) is 23.8. The standard InChI is InChI=1S/C12H13NO5/c1-13(8-5-18-6-8)7-2-3-9(11(14)15)10(4-7)12(16)17/h2-4,8H,5-6H2,1H3,(H,14,15)(H,16,17). The first-order valence-corrected chi connectivity index (χ1v) is 5.42. The summed E-state index contributed by atoms with van der Waals surface area (Å²) in [5, 5.41) is 17.9. The molecule has 1 fully saturated rings. The Hall–Kier alpha value is -2.08. The van der Waals surface area contributed by atoms with Crippen molar-refractivity contribution in [3.8, 4) is 0 Å². The minimum Gasteiger partial charge on any atom is -0.478 e. The van der Waals surface area contributed by atoms with E-state index >= 15 is 0 Å². The Morgan fingerprint density at radius 2 is 1.83 bits per heavy atom. The molecular weight excluding hydrogens is 238 g/mol. The number of rotatable bonds is 4. The molecule has 18 heavy (non-hydrogen) atoms. The van der Waals surface area contributed by atoms with Gasteiger partial charge in [-0.1, -0.05) is 0 Å². The molecule has 6 heteroatoms. The summed E-state index contributed by atoms with van der Waals surface area (Å²) < 4.78 is 5.07. The summed E-state index contributed by atoms with van der Waals surface area (Å²) in [6, 6.07) is 4.51. The number of carbonyl (C=O) groups is 2. The lowest BCUT2D eigenvalue weighted by Crippen LogP contribution is -2.47. The summed E-state index contributed by atoms with van der Waals surface area (Å²) >= 11 is 0. The minimum absolute atomic E-state index is 0.202. The van der Waals surface area contributed by atoms with Gasteiger partial charge < -0.3 is 19.8 Å². The first kappa shape index (κ1) is 12.4. The molecular formula is C12H13NO5. The number of nitrogens with zero attached hydrogens (tertiary/aromatic N) is 1. The van der Waals surface area contributed by atoms with Crippen LogP contribution in [0.3, 0.4) is 0 Å². The van der Waals surface area contributed by atoms with Gasteiger partial charge in [-0.05, 0) is 18.2 Å². The Morgan fingerprint density at radius 3 is 2.28 bits per heavy atom. The molecule has 1 aliphatic heterocycles. The van der Waals surface area contributed by atoms with Crippen molar-refractivity contribution in [1.82, 2.24) is 0 Å². The fraction of sp³-hybridized carbons (Fsp3) is 0.333. The third-order valence-electron chi connectivity index (χ3n) is 3.04. The van der Waals surface area contributed by atoms with Gasteiger partial charge in [0.25, 0.3) is 0 Å². The fourth-order valence-electron chi connectivity index (χ4n) is 1.77. The topological polar surface area (TPSA) is 87.1 Å². The second-order valence-electron chi connectivity index (χ2n) is 4.14. The van der Waals surface area contributed by atoms with E-state index in [1.54, 1.807) is 6.07 Å². The van der Waals surface area contributed by atoms with E-state index in [-0.39, 0.29) is 17.2 Å². The average Bonchev–Trinajstić information content (AvgIpc) is 2.25. The lowest BCUT2D eigenvalue weighted by molar-refractivity contribution is 0.0101. The van der Waals surface area contributed by atoms with Gasteiger partial charge >= 0.3 is 11.9 Å². The molecule has 6 nitrogen and oxygen atoms in total. The fourth-order valence-corrected chi connectivity index (χ4v) is 1.77. The van der Waals surface area contributed by atoms with E-state index in [4.69, 9.17) is 14.9 Å². The highest BCUT2D eigenvalue weighted by Crippen LogP contribution is 2.23. The first-order valence-electron chi connectivity index (χ1n) is 5.42. The van der Waals surface area contributed by atoms with Gasteiger partial charge in [-0.25, -0.2) is 9.59 Å². The molecule has 1 aromatic carbocycles. The monoisotopic (exact) mass is 251 g/mol. The number of hydrogen-bond acceptors (Lipinski definition) is 4. The summed E-state index contributed by atoms with van der Waals surface area (Å²) in [5.74, 6) is -2.49. The molecule has 0 saturated carbocycles. The molecule has 1 saturated heterocycles. The molecule has 0 aliphatic carbocycles. The molecule has 1 heterocycles. The summed E-state index contributed by atoms with van der Waals surface area (Å²) in [6.07, 6.45) is 0. The average molecular weight is 251 g/mol. The molecule has 0 bridgehead atoms. The Labute approximate surface area is 103 Å². The van der Waals surface area contributed by atoms with Gasteiger partial charge in [0.05, 0.1) is 30.4 Å². The number of benzene rings is 1. The van der Waals surface area contributed by atoms with Gasteiger partial charge in [0.2, 0.25) is 0 Å². The maximum atomic E-state index is 11.0. The second-order valence-corrected chi connectivity index (χ2v) is 4.14. The number of anilines is 1. The van der Waals surface area contributed by atoms with Crippen LogP contribution in [0.1, 0.15) is 20.7 Å². The highest BCUT2D eigenvalue weighted by Gasteiger charge is 2.25. The predicted octanol–water partition coefficient (Wildman–Crippen LogP) is 0.918. The van der Waals surface area contributed by atoms with E-state index in [2.05, 4.69) is 0 Å². The number of carboxylic acids is 2. The van der Waals surface area contributed by atoms with E-state index in [0.29, 0.717) is 18.9 Å². The van der Waals surface area contributed by atoms with Crippen LogP contribution in [0.15, 0.2) is 18.2 Å². The molecule has 0 aromatic heterocycles. The van der Waals surface area contributed by atoms with Crippen LogP contribution in [0.25, 0.3) is 0 Å². The maximum absolute atomic E-state index is 11.0. The largest absolute Gasteiger partial charge is 0.478 e. The van der Waals surface area contributed by atoms with Crippen LogP contribution in [0.2, 0.25) is 0 Å². The Balaban J connectivity index is 2.36. The van der Waals surface area contributed by atoms with Crippen LogP contribution < -0.4 is 4.90 Å². The number of aromatic carboxylic acids is 2. The number of hydrogen-bond donors (Lipinski definition) is 2. The lowest BCUT2D eigenvalue weighted by Gasteiger charge is -2.36. The number of carboxylic acid groups (broad SMARTS) is 2. The maximum Gasteiger partial charge on any atom is 0.336 e. The van der Waals surface area contributed by atoms with Crippen LogP contribution in [0.4, 0.5) is 5.69 Å². The van der Waals surface area contributed by atoms with Gasteiger partial charge in [0.15, 0.2) is 0 Å². The summed E-state index contributed by atoms with van der Waals surface area (Å²) in [5.41, 5.74) is 0.266. The van der Waals surface area contributed by atoms with Crippen molar-refractivity contribution in [1.29, 1.82) is 0 Å². The van der Waals surface area contributed by atoms with Crippen molar-refractivity contribution >= 4 is 17.6 Å². The molecule has 0 radical (unpaired) electrons. The summed E-state index contributed by atoms with van der Waals surface area (Å²) in [7, 11) is 1.83. The minimum atomic E-state index is -1.24. The van der Waals surface area contributed by atoms with E-state index in [0.717, 1.165) is 0 Å². The van der Waals surface area contributed by atoms with E-state index < -0.39 is 11.9 Å². The van der Waals surface area contributed by atoms with Crippen molar-refractivity contribution in [3.63, 3.8) is 0 Å². The van der Waals surface area contributed by atoms with Gasteiger partial charge in [-0.3, -0.25) is 0 Å². The summed E-state index contributed by atoms with van der Waals surface area (Å²) in [6.45, 7) is 1.19. The molecule has 2 rings (SSSR count). The molecule has 1 aromatic rings. The molecule has 0 atom stereocenters. The number of likely N-dealkylation sites (N-methyl/N-ethyl adjacent to an activating group) is 1. The van der Waals surface area contributed by atoms with Crippen molar-refractivity contribution in [2.24, 2.45) is 0 Å². The SMILES string of the molecule is CN(c1ccc(C(=O)O)c(C(=O)O)c1)C1COC1. The number of ether oxygens (including phenoxy) is 1. The van der Waals surface area contributed by atoms with Gasteiger partial charge in [0, 0.05) is 12.7 Å². The molecule has 96 valence electrons. The third-order valence-corrected chi connectivity index (χ3v) is 3.04. The smallest absolute Gasteiger partial charge is 0.336 e.